The highest BCUT2D eigenvalue weighted by atomic mass is 16.5. The highest BCUT2D eigenvalue weighted by molar-refractivity contribution is 5.92. The summed E-state index contributed by atoms with van der Waals surface area (Å²) in [6.07, 6.45) is 6.17. The standard InChI is InChI=1S/C20H28N6O2/c1-15-14-25(9-10-28-15)19-5-4-16(11-22-19)12-23-20(27)18-6-8-26(24-18)17-3-2-7-21-13-17/h4-6,8,11,15,17,21H,2-3,7,9-10,12-14H2,1H3,(H,23,27). The quantitative estimate of drug-likeness (QED) is 0.810. The first-order chi connectivity index (χ1) is 13.7. The molecule has 0 aliphatic carbocycles. The Kier molecular flexibility index (Phi) is 5.87. The van der Waals surface area contributed by atoms with Crippen LogP contribution in [0.5, 0.6) is 0 Å². The van der Waals surface area contributed by atoms with Crippen molar-refractivity contribution >= 4 is 11.7 Å². The van der Waals surface area contributed by atoms with E-state index >= 15 is 0 Å². The van der Waals surface area contributed by atoms with Gasteiger partial charge in [0.15, 0.2) is 0 Å². The fourth-order valence-corrected chi connectivity index (χ4v) is 3.73. The van der Waals surface area contributed by atoms with E-state index in [4.69, 9.17) is 4.74 Å². The Bertz CT molecular complexity index is 784. The van der Waals surface area contributed by atoms with Crippen LogP contribution in [0.3, 0.4) is 0 Å². The van der Waals surface area contributed by atoms with Crippen molar-refractivity contribution in [2.24, 2.45) is 0 Å². The highest BCUT2D eigenvalue weighted by Gasteiger charge is 2.19. The molecule has 2 aromatic heterocycles. The molecule has 2 aliphatic rings. The second-order valence-corrected chi connectivity index (χ2v) is 7.52. The number of nitrogens with zero attached hydrogens (tertiary/aromatic N) is 4. The first-order valence-electron chi connectivity index (χ1n) is 10.0. The molecule has 150 valence electrons. The summed E-state index contributed by atoms with van der Waals surface area (Å²) in [5.74, 6) is 0.790. The Hall–Kier alpha value is -2.45. The molecule has 0 bridgehead atoms. The molecule has 2 aliphatic heterocycles. The Morgan fingerprint density at radius 3 is 3.07 bits per heavy atom. The summed E-state index contributed by atoms with van der Waals surface area (Å²) in [4.78, 5) is 19.2. The van der Waals surface area contributed by atoms with Crippen LogP contribution in [0.25, 0.3) is 0 Å². The fraction of sp³-hybridized carbons (Fsp3) is 0.550. The molecular weight excluding hydrogens is 356 g/mol. The summed E-state index contributed by atoms with van der Waals surface area (Å²) in [6.45, 7) is 6.90. The number of nitrogens with one attached hydrogen (secondary N) is 2. The van der Waals surface area contributed by atoms with Crippen LogP contribution in [0.2, 0.25) is 0 Å². The van der Waals surface area contributed by atoms with Crippen molar-refractivity contribution in [2.45, 2.75) is 38.5 Å². The van der Waals surface area contributed by atoms with Gasteiger partial charge in [-0.2, -0.15) is 5.10 Å². The molecule has 2 fully saturated rings. The van der Waals surface area contributed by atoms with E-state index in [1.165, 1.54) is 0 Å². The van der Waals surface area contributed by atoms with Crippen molar-refractivity contribution in [3.05, 3.63) is 41.9 Å². The summed E-state index contributed by atoms with van der Waals surface area (Å²) in [7, 11) is 0. The number of piperidine rings is 1. The molecule has 2 saturated heterocycles. The van der Waals surface area contributed by atoms with E-state index < -0.39 is 0 Å². The summed E-state index contributed by atoms with van der Waals surface area (Å²) in [5.41, 5.74) is 1.42. The third-order valence-electron chi connectivity index (χ3n) is 5.31. The maximum atomic E-state index is 12.4. The number of rotatable bonds is 5. The van der Waals surface area contributed by atoms with Crippen molar-refractivity contribution in [1.29, 1.82) is 0 Å². The Balaban J connectivity index is 1.30. The zero-order chi connectivity index (χ0) is 19.3. The zero-order valence-electron chi connectivity index (χ0n) is 16.3. The average molecular weight is 384 g/mol. The van der Waals surface area contributed by atoms with E-state index in [-0.39, 0.29) is 12.0 Å². The lowest BCUT2D eigenvalue weighted by molar-refractivity contribution is 0.0529. The molecule has 0 spiro atoms. The number of amides is 1. The number of hydrogen-bond donors (Lipinski definition) is 2. The van der Waals surface area contributed by atoms with Crippen molar-refractivity contribution in [2.75, 3.05) is 37.7 Å². The lowest BCUT2D eigenvalue weighted by Gasteiger charge is -2.32. The van der Waals surface area contributed by atoms with Gasteiger partial charge in [0, 0.05) is 38.6 Å². The van der Waals surface area contributed by atoms with E-state index in [1.54, 1.807) is 6.07 Å². The SMILES string of the molecule is CC1CN(c2ccc(CNC(=O)c3ccn(C4CCCNC4)n3)cn2)CCO1. The van der Waals surface area contributed by atoms with E-state index in [0.29, 0.717) is 18.3 Å². The number of pyridine rings is 1. The zero-order valence-corrected chi connectivity index (χ0v) is 16.3. The van der Waals surface area contributed by atoms with E-state index in [9.17, 15) is 4.79 Å². The summed E-state index contributed by atoms with van der Waals surface area (Å²) in [5, 5.41) is 10.8. The summed E-state index contributed by atoms with van der Waals surface area (Å²) in [6, 6.07) is 6.12. The molecule has 0 aromatic carbocycles. The molecule has 4 rings (SSSR count). The number of morpholine rings is 1. The molecule has 2 atom stereocenters. The van der Waals surface area contributed by atoms with Gasteiger partial charge in [-0.3, -0.25) is 9.48 Å². The number of aromatic nitrogens is 3. The Morgan fingerprint density at radius 2 is 2.32 bits per heavy atom. The van der Waals surface area contributed by atoms with Crippen molar-refractivity contribution in [3.8, 4) is 0 Å². The van der Waals surface area contributed by atoms with Gasteiger partial charge in [-0.05, 0) is 44.0 Å². The topological polar surface area (TPSA) is 84.3 Å². The molecule has 1 amide bonds. The summed E-state index contributed by atoms with van der Waals surface area (Å²) < 4.78 is 7.48. The lowest BCUT2D eigenvalue weighted by atomic mass is 10.1. The molecule has 2 unspecified atom stereocenters. The minimum absolute atomic E-state index is 0.159. The maximum absolute atomic E-state index is 12.4. The molecule has 0 saturated carbocycles. The predicted octanol–water partition coefficient (Wildman–Crippen LogP) is 1.36. The number of hydrogen-bond acceptors (Lipinski definition) is 6. The first kappa shape index (κ1) is 18.9. The number of carbonyl (C=O) groups excluding carboxylic acids is 1. The third kappa shape index (κ3) is 4.51. The van der Waals surface area contributed by atoms with Crippen LogP contribution < -0.4 is 15.5 Å². The lowest BCUT2D eigenvalue weighted by Crippen LogP contribution is -2.41. The van der Waals surface area contributed by atoms with Crippen molar-refractivity contribution in [1.82, 2.24) is 25.4 Å². The average Bonchev–Trinajstić information content (AvgIpc) is 3.23. The van der Waals surface area contributed by atoms with Gasteiger partial charge in [0.25, 0.3) is 5.91 Å². The van der Waals surface area contributed by atoms with Gasteiger partial charge in [-0.1, -0.05) is 6.07 Å². The molecule has 4 heterocycles. The van der Waals surface area contributed by atoms with Crippen molar-refractivity contribution in [3.63, 3.8) is 0 Å². The minimum atomic E-state index is -0.159. The van der Waals surface area contributed by atoms with Gasteiger partial charge in [0.05, 0.1) is 18.8 Å². The van der Waals surface area contributed by atoms with Gasteiger partial charge in [-0.15, -0.1) is 0 Å². The monoisotopic (exact) mass is 384 g/mol. The van der Waals surface area contributed by atoms with Gasteiger partial charge < -0.3 is 20.3 Å². The second kappa shape index (κ2) is 8.70. The van der Waals surface area contributed by atoms with Crippen LogP contribution in [0.1, 0.15) is 41.9 Å². The van der Waals surface area contributed by atoms with E-state index in [0.717, 1.165) is 57.0 Å². The van der Waals surface area contributed by atoms with Gasteiger partial charge in [-0.25, -0.2) is 4.98 Å². The van der Waals surface area contributed by atoms with Crippen LogP contribution in [-0.2, 0) is 11.3 Å². The smallest absolute Gasteiger partial charge is 0.272 e. The molecular formula is C20H28N6O2. The fourth-order valence-electron chi connectivity index (χ4n) is 3.73. The van der Waals surface area contributed by atoms with Crippen LogP contribution in [0.4, 0.5) is 5.82 Å². The Morgan fingerprint density at radius 1 is 1.39 bits per heavy atom. The maximum Gasteiger partial charge on any atom is 0.272 e. The molecule has 2 aromatic rings. The summed E-state index contributed by atoms with van der Waals surface area (Å²) >= 11 is 0. The number of anilines is 1. The van der Waals surface area contributed by atoms with Gasteiger partial charge in [0.2, 0.25) is 0 Å². The van der Waals surface area contributed by atoms with E-state index in [1.807, 2.05) is 29.2 Å². The third-order valence-corrected chi connectivity index (χ3v) is 5.31. The van der Waals surface area contributed by atoms with Crippen LogP contribution in [0.15, 0.2) is 30.6 Å². The number of ether oxygens (including phenoxy) is 1. The van der Waals surface area contributed by atoms with Crippen LogP contribution >= 0.6 is 0 Å². The second-order valence-electron chi connectivity index (χ2n) is 7.52. The highest BCUT2D eigenvalue weighted by Crippen LogP contribution is 2.17. The van der Waals surface area contributed by atoms with Gasteiger partial charge in [0.1, 0.15) is 11.5 Å². The molecule has 8 nitrogen and oxygen atoms in total. The number of carbonyl (C=O) groups is 1. The molecule has 0 radical (unpaired) electrons. The molecule has 2 N–H and O–H groups in total. The predicted molar refractivity (Wildman–Crippen MR) is 106 cm³/mol. The van der Waals surface area contributed by atoms with Crippen LogP contribution in [0, 0.1) is 0 Å². The van der Waals surface area contributed by atoms with Crippen molar-refractivity contribution < 1.29 is 9.53 Å². The largest absolute Gasteiger partial charge is 0.375 e. The van der Waals surface area contributed by atoms with Gasteiger partial charge >= 0.3 is 0 Å². The van der Waals surface area contributed by atoms with E-state index in [2.05, 4.69) is 32.5 Å². The molecule has 8 heteroatoms. The molecule has 28 heavy (non-hydrogen) atoms. The normalized spacial score (nSPS) is 22.8. The first-order valence-corrected chi connectivity index (χ1v) is 10.0. The minimum Gasteiger partial charge on any atom is -0.375 e. The van der Waals surface area contributed by atoms with Crippen LogP contribution in [-0.4, -0.2) is 59.6 Å². The Labute approximate surface area is 165 Å².